The van der Waals surface area contributed by atoms with Gasteiger partial charge in [0.2, 0.25) is 10.0 Å². The molecule has 0 spiro atoms. The number of nitrogens with zero attached hydrogens (tertiary/aromatic N) is 2. The highest BCUT2D eigenvalue weighted by Gasteiger charge is 2.26. The maximum Gasteiger partial charge on any atom is 0.305 e. The van der Waals surface area contributed by atoms with E-state index in [2.05, 4.69) is 9.71 Å². The van der Waals surface area contributed by atoms with Gasteiger partial charge in [0.15, 0.2) is 5.78 Å². The van der Waals surface area contributed by atoms with Crippen LogP contribution in [0.1, 0.15) is 40.3 Å². The van der Waals surface area contributed by atoms with Crippen molar-refractivity contribution in [1.29, 1.82) is 0 Å². The number of benzene rings is 3. The standard InChI is InChI=1S/C30H31N3O5S/c1-20-12-21(2)30(22(3)13-20)39(37,38)32-28(17-29(35)36)26-9-5-8-25(16-26)24-7-4-6-23(14-24)15-27(34)18-33-11-10-31-19-33/h4-14,16,19,28,32H,15,17-18H2,1-3H3,(H,35,36). The van der Waals surface area contributed by atoms with Gasteiger partial charge in [-0.1, -0.05) is 60.2 Å². The Morgan fingerprint density at radius 2 is 1.64 bits per heavy atom. The van der Waals surface area contributed by atoms with Gasteiger partial charge in [-0.25, -0.2) is 18.1 Å². The third kappa shape index (κ3) is 7.07. The largest absolute Gasteiger partial charge is 0.481 e. The van der Waals surface area contributed by atoms with Gasteiger partial charge in [-0.3, -0.25) is 9.59 Å². The number of carboxylic acid groups (broad SMARTS) is 1. The number of Topliss-reactive ketones (excluding diaryl/α,β-unsaturated/α-hetero) is 1. The zero-order valence-electron chi connectivity index (χ0n) is 22.1. The number of nitrogens with one attached hydrogen (secondary N) is 1. The molecule has 4 aromatic rings. The van der Waals surface area contributed by atoms with E-state index in [1.165, 1.54) is 0 Å². The lowest BCUT2D eigenvalue weighted by Crippen LogP contribution is -2.31. The Morgan fingerprint density at radius 3 is 2.28 bits per heavy atom. The first-order valence-corrected chi connectivity index (χ1v) is 14.0. The Hall–Kier alpha value is -4.08. The average molecular weight is 546 g/mol. The summed E-state index contributed by atoms with van der Waals surface area (Å²) in [6, 6.07) is 17.3. The first kappa shape index (κ1) is 27.9. The fraction of sp³-hybridized carbons (Fsp3) is 0.233. The zero-order valence-corrected chi connectivity index (χ0v) is 22.9. The predicted octanol–water partition coefficient (Wildman–Crippen LogP) is 4.78. The maximum atomic E-state index is 13.4. The summed E-state index contributed by atoms with van der Waals surface area (Å²) in [5.41, 5.74) is 5.15. The van der Waals surface area contributed by atoms with Crippen molar-refractivity contribution in [3.05, 3.63) is 107 Å². The number of carboxylic acids is 1. The Morgan fingerprint density at radius 1 is 0.974 bits per heavy atom. The SMILES string of the molecule is Cc1cc(C)c(S(=O)(=O)NC(CC(=O)O)c2cccc(-c3cccc(CC(=O)Cn4ccnc4)c3)c2)c(C)c1. The maximum absolute atomic E-state index is 13.4. The van der Waals surface area contributed by atoms with Crippen molar-refractivity contribution in [2.45, 2.75) is 51.1 Å². The molecule has 202 valence electrons. The van der Waals surface area contributed by atoms with E-state index in [9.17, 15) is 23.1 Å². The summed E-state index contributed by atoms with van der Waals surface area (Å²) in [5.74, 6) is -1.08. The number of aromatic nitrogens is 2. The lowest BCUT2D eigenvalue weighted by Gasteiger charge is -2.20. The molecular formula is C30H31N3O5S. The molecule has 0 radical (unpaired) electrons. The summed E-state index contributed by atoms with van der Waals surface area (Å²) < 4.78 is 31.2. The molecule has 2 N–H and O–H groups in total. The number of ketones is 1. The van der Waals surface area contributed by atoms with Crippen molar-refractivity contribution in [3.8, 4) is 11.1 Å². The molecule has 0 aliphatic carbocycles. The number of hydrogen-bond acceptors (Lipinski definition) is 5. The van der Waals surface area contributed by atoms with Crippen LogP contribution in [-0.2, 0) is 32.6 Å². The normalized spacial score (nSPS) is 12.3. The van der Waals surface area contributed by atoms with Crippen molar-refractivity contribution in [1.82, 2.24) is 14.3 Å². The van der Waals surface area contributed by atoms with Crippen LogP contribution in [0, 0.1) is 20.8 Å². The molecule has 0 saturated carbocycles. The summed E-state index contributed by atoms with van der Waals surface area (Å²) in [7, 11) is -4.01. The summed E-state index contributed by atoms with van der Waals surface area (Å²) >= 11 is 0. The molecule has 3 aromatic carbocycles. The minimum atomic E-state index is -4.01. The second-order valence-electron chi connectivity index (χ2n) is 9.78. The van der Waals surface area contributed by atoms with Crippen LogP contribution in [0.5, 0.6) is 0 Å². The van der Waals surface area contributed by atoms with E-state index in [-0.39, 0.29) is 23.6 Å². The van der Waals surface area contributed by atoms with Crippen molar-refractivity contribution in [2.24, 2.45) is 0 Å². The number of carbonyl (C=O) groups excluding carboxylic acids is 1. The predicted molar refractivity (Wildman–Crippen MR) is 149 cm³/mol. The van der Waals surface area contributed by atoms with E-state index in [0.29, 0.717) is 16.7 Å². The van der Waals surface area contributed by atoms with Gasteiger partial charge in [0.05, 0.1) is 30.2 Å². The lowest BCUT2D eigenvalue weighted by atomic mass is 9.96. The van der Waals surface area contributed by atoms with Gasteiger partial charge in [0.25, 0.3) is 0 Å². The smallest absolute Gasteiger partial charge is 0.305 e. The van der Waals surface area contributed by atoms with Crippen molar-refractivity contribution in [3.63, 3.8) is 0 Å². The van der Waals surface area contributed by atoms with Crippen molar-refractivity contribution < 1.29 is 23.1 Å². The topological polar surface area (TPSA) is 118 Å². The number of rotatable bonds is 11. The van der Waals surface area contributed by atoms with E-state index in [1.807, 2.05) is 37.3 Å². The Balaban J connectivity index is 1.61. The van der Waals surface area contributed by atoms with Crippen LogP contribution in [0.15, 0.2) is 84.3 Å². The van der Waals surface area contributed by atoms with Gasteiger partial charge in [-0.15, -0.1) is 0 Å². The molecule has 8 nitrogen and oxygen atoms in total. The van der Waals surface area contributed by atoms with Crippen LogP contribution in [0.4, 0.5) is 0 Å². The molecule has 1 aromatic heterocycles. The molecular weight excluding hydrogens is 514 g/mol. The Labute approximate surface area is 228 Å². The van der Waals surface area contributed by atoms with Gasteiger partial charge < -0.3 is 9.67 Å². The van der Waals surface area contributed by atoms with Gasteiger partial charge in [-0.2, -0.15) is 0 Å². The number of carbonyl (C=O) groups is 2. The number of hydrogen-bond donors (Lipinski definition) is 2. The average Bonchev–Trinajstić information content (AvgIpc) is 3.35. The highest BCUT2D eigenvalue weighted by Crippen LogP contribution is 2.29. The Kier molecular flexibility index (Phi) is 8.42. The van der Waals surface area contributed by atoms with Crippen molar-refractivity contribution in [2.75, 3.05) is 0 Å². The van der Waals surface area contributed by atoms with Crippen LogP contribution in [0.2, 0.25) is 0 Å². The number of sulfonamides is 1. The van der Waals surface area contributed by atoms with Crippen LogP contribution in [-0.4, -0.2) is 34.8 Å². The highest BCUT2D eigenvalue weighted by molar-refractivity contribution is 7.89. The molecule has 0 saturated heterocycles. The Bertz CT molecular complexity index is 1590. The van der Waals surface area contributed by atoms with Crippen LogP contribution >= 0.6 is 0 Å². The first-order chi connectivity index (χ1) is 18.5. The van der Waals surface area contributed by atoms with Crippen LogP contribution < -0.4 is 4.72 Å². The summed E-state index contributed by atoms with van der Waals surface area (Å²) in [5, 5.41) is 9.58. The monoisotopic (exact) mass is 545 g/mol. The molecule has 9 heteroatoms. The first-order valence-electron chi connectivity index (χ1n) is 12.5. The molecule has 0 aliphatic heterocycles. The minimum Gasteiger partial charge on any atom is -0.481 e. The van der Waals surface area contributed by atoms with Gasteiger partial charge in [-0.05, 0) is 60.2 Å². The van der Waals surface area contributed by atoms with Gasteiger partial charge in [0.1, 0.15) is 0 Å². The third-order valence-electron chi connectivity index (χ3n) is 6.42. The third-order valence-corrected chi connectivity index (χ3v) is 8.19. The summed E-state index contributed by atoms with van der Waals surface area (Å²) in [6.45, 7) is 5.59. The zero-order chi connectivity index (χ0) is 28.2. The molecule has 1 heterocycles. The summed E-state index contributed by atoms with van der Waals surface area (Å²) in [4.78, 5) is 28.4. The van der Waals surface area contributed by atoms with E-state index >= 15 is 0 Å². The molecule has 1 atom stereocenters. The van der Waals surface area contributed by atoms with E-state index in [4.69, 9.17) is 0 Å². The van der Waals surface area contributed by atoms with E-state index in [0.717, 1.165) is 22.3 Å². The van der Waals surface area contributed by atoms with Gasteiger partial charge >= 0.3 is 5.97 Å². The minimum absolute atomic E-state index is 0.0384. The second kappa shape index (κ2) is 11.8. The van der Waals surface area contributed by atoms with Crippen LogP contribution in [0.3, 0.4) is 0 Å². The quantitative estimate of drug-likeness (QED) is 0.280. The van der Waals surface area contributed by atoms with Crippen LogP contribution in [0.25, 0.3) is 11.1 Å². The molecule has 0 amide bonds. The molecule has 0 bridgehead atoms. The van der Waals surface area contributed by atoms with Gasteiger partial charge in [0, 0.05) is 18.8 Å². The molecule has 39 heavy (non-hydrogen) atoms. The molecule has 4 rings (SSSR count). The van der Waals surface area contributed by atoms with E-state index in [1.54, 1.807) is 67.5 Å². The second-order valence-corrected chi connectivity index (χ2v) is 11.4. The van der Waals surface area contributed by atoms with E-state index < -0.39 is 28.5 Å². The summed E-state index contributed by atoms with van der Waals surface area (Å²) in [6.07, 6.45) is 4.80. The molecule has 1 unspecified atom stereocenters. The fourth-order valence-electron chi connectivity index (χ4n) is 4.90. The lowest BCUT2D eigenvalue weighted by molar-refractivity contribution is -0.137. The number of aryl methyl sites for hydroxylation is 3. The molecule has 0 aliphatic rings. The number of aliphatic carboxylic acids is 1. The highest BCUT2D eigenvalue weighted by atomic mass is 32.2. The van der Waals surface area contributed by atoms with Crippen molar-refractivity contribution >= 4 is 21.8 Å². The fourth-order valence-corrected chi connectivity index (χ4v) is 6.58. The number of imidazole rings is 1. The molecule has 0 fully saturated rings.